The number of carbonyl (C=O) groups excluding carboxylic acids is 1. The minimum Gasteiger partial charge on any atom is -0.326 e. The van der Waals surface area contributed by atoms with Crippen molar-refractivity contribution in [3.05, 3.63) is 59.9 Å². The zero-order chi connectivity index (χ0) is 13.7. The Morgan fingerprint density at radius 3 is 2.32 bits per heavy atom. The van der Waals surface area contributed by atoms with Crippen LogP contribution in [0, 0.1) is 5.82 Å². The molecule has 2 rings (SSSR count). The van der Waals surface area contributed by atoms with E-state index in [0.717, 1.165) is 11.3 Å². The van der Waals surface area contributed by atoms with Gasteiger partial charge < -0.3 is 5.32 Å². The SMILES string of the molecule is CC(=O)Nc1ccc(C=Nc2ccc(F)cc2)cc1. The van der Waals surface area contributed by atoms with Crippen molar-refractivity contribution in [2.75, 3.05) is 5.32 Å². The highest BCUT2D eigenvalue weighted by molar-refractivity contribution is 5.89. The van der Waals surface area contributed by atoms with Crippen LogP contribution in [0.3, 0.4) is 0 Å². The van der Waals surface area contributed by atoms with E-state index in [2.05, 4.69) is 10.3 Å². The summed E-state index contributed by atoms with van der Waals surface area (Å²) in [6, 6.07) is 13.2. The largest absolute Gasteiger partial charge is 0.326 e. The van der Waals surface area contributed by atoms with Crippen molar-refractivity contribution >= 4 is 23.5 Å². The van der Waals surface area contributed by atoms with Crippen LogP contribution in [0.15, 0.2) is 53.5 Å². The number of halogens is 1. The van der Waals surface area contributed by atoms with Crippen molar-refractivity contribution in [3.63, 3.8) is 0 Å². The highest BCUT2D eigenvalue weighted by atomic mass is 19.1. The van der Waals surface area contributed by atoms with Gasteiger partial charge in [-0.1, -0.05) is 12.1 Å². The minimum atomic E-state index is -0.279. The standard InChI is InChI=1S/C15H13FN2O/c1-11(19)18-15-6-2-12(3-7-15)10-17-14-8-4-13(16)5-9-14/h2-10H,1H3,(H,18,19). The van der Waals surface area contributed by atoms with Gasteiger partial charge in [-0.15, -0.1) is 0 Å². The van der Waals surface area contributed by atoms with Gasteiger partial charge in [0.05, 0.1) is 5.69 Å². The fourth-order valence-corrected chi connectivity index (χ4v) is 1.53. The fraction of sp³-hybridized carbons (Fsp3) is 0.0667. The number of amides is 1. The molecule has 0 unspecified atom stereocenters. The molecule has 0 aliphatic carbocycles. The van der Waals surface area contributed by atoms with Crippen molar-refractivity contribution in [1.29, 1.82) is 0 Å². The van der Waals surface area contributed by atoms with Gasteiger partial charge in [-0.3, -0.25) is 9.79 Å². The molecule has 0 saturated heterocycles. The smallest absolute Gasteiger partial charge is 0.221 e. The van der Waals surface area contributed by atoms with E-state index in [1.807, 2.05) is 12.1 Å². The first-order chi connectivity index (χ1) is 9.13. The van der Waals surface area contributed by atoms with Crippen LogP contribution in [-0.2, 0) is 4.79 Å². The number of hydrogen-bond acceptors (Lipinski definition) is 2. The van der Waals surface area contributed by atoms with Gasteiger partial charge in [-0.2, -0.15) is 0 Å². The van der Waals surface area contributed by atoms with E-state index in [1.54, 1.807) is 30.5 Å². The molecule has 0 aliphatic rings. The quantitative estimate of drug-likeness (QED) is 0.838. The molecule has 96 valence electrons. The monoisotopic (exact) mass is 256 g/mol. The minimum absolute atomic E-state index is 0.104. The third kappa shape index (κ3) is 4.03. The molecule has 0 aliphatic heterocycles. The van der Waals surface area contributed by atoms with Gasteiger partial charge in [-0.05, 0) is 42.0 Å². The van der Waals surface area contributed by atoms with Gasteiger partial charge in [0.25, 0.3) is 0 Å². The molecule has 3 nitrogen and oxygen atoms in total. The first kappa shape index (κ1) is 13.0. The normalized spacial score (nSPS) is 10.6. The van der Waals surface area contributed by atoms with Gasteiger partial charge in [0.15, 0.2) is 0 Å². The second-order valence-electron chi connectivity index (χ2n) is 4.04. The molecule has 0 bridgehead atoms. The molecule has 0 aromatic heterocycles. The van der Waals surface area contributed by atoms with Crippen molar-refractivity contribution in [2.24, 2.45) is 4.99 Å². The van der Waals surface area contributed by atoms with Crippen LogP contribution in [0.5, 0.6) is 0 Å². The summed E-state index contributed by atoms with van der Waals surface area (Å²) in [5, 5.41) is 2.69. The zero-order valence-electron chi connectivity index (χ0n) is 10.4. The third-order valence-corrected chi connectivity index (χ3v) is 2.42. The van der Waals surface area contributed by atoms with E-state index in [1.165, 1.54) is 19.1 Å². The highest BCUT2D eigenvalue weighted by Gasteiger charge is 1.95. The number of nitrogens with zero attached hydrogens (tertiary/aromatic N) is 1. The average Bonchev–Trinajstić information content (AvgIpc) is 2.39. The topological polar surface area (TPSA) is 41.5 Å². The zero-order valence-corrected chi connectivity index (χ0v) is 10.4. The number of rotatable bonds is 3. The maximum absolute atomic E-state index is 12.7. The van der Waals surface area contributed by atoms with E-state index >= 15 is 0 Å². The number of aliphatic imine (C=N–C) groups is 1. The summed E-state index contributed by atoms with van der Waals surface area (Å²) in [4.78, 5) is 15.1. The summed E-state index contributed by atoms with van der Waals surface area (Å²) in [5.41, 5.74) is 2.33. The lowest BCUT2D eigenvalue weighted by Crippen LogP contribution is -2.05. The lowest BCUT2D eigenvalue weighted by molar-refractivity contribution is -0.114. The number of benzene rings is 2. The maximum Gasteiger partial charge on any atom is 0.221 e. The molecule has 19 heavy (non-hydrogen) atoms. The predicted octanol–water partition coefficient (Wildman–Crippen LogP) is 3.53. The van der Waals surface area contributed by atoms with Crippen molar-refractivity contribution in [2.45, 2.75) is 6.92 Å². The summed E-state index contributed by atoms with van der Waals surface area (Å²) in [6.45, 7) is 1.46. The van der Waals surface area contributed by atoms with Gasteiger partial charge in [0.2, 0.25) is 5.91 Å². The first-order valence-electron chi connectivity index (χ1n) is 5.81. The number of hydrogen-bond donors (Lipinski definition) is 1. The Labute approximate surface area is 110 Å². The van der Waals surface area contributed by atoms with Crippen molar-refractivity contribution in [3.8, 4) is 0 Å². The Morgan fingerprint density at radius 2 is 1.74 bits per heavy atom. The average molecular weight is 256 g/mol. The summed E-state index contributed by atoms with van der Waals surface area (Å²) in [7, 11) is 0. The number of carbonyl (C=O) groups is 1. The molecule has 0 radical (unpaired) electrons. The molecule has 0 atom stereocenters. The van der Waals surface area contributed by atoms with Crippen molar-refractivity contribution < 1.29 is 9.18 Å². The molecular weight excluding hydrogens is 243 g/mol. The van der Waals surface area contributed by atoms with Crippen molar-refractivity contribution in [1.82, 2.24) is 0 Å². The Bertz CT molecular complexity index is 589. The summed E-state index contributed by atoms with van der Waals surface area (Å²) < 4.78 is 12.7. The lowest BCUT2D eigenvalue weighted by atomic mass is 10.2. The van der Waals surface area contributed by atoms with Crippen LogP contribution >= 0.6 is 0 Å². The van der Waals surface area contributed by atoms with Gasteiger partial charge >= 0.3 is 0 Å². The third-order valence-electron chi connectivity index (χ3n) is 2.42. The van der Waals surface area contributed by atoms with Crippen LogP contribution in [0.25, 0.3) is 0 Å². The fourth-order valence-electron chi connectivity index (χ4n) is 1.53. The van der Waals surface area contributed by atoms with Gasteiger partial charge in [-0.25, -0.2) is 4.39 Å². The summed E-state index contributed by atoms with van der Waals surface area (Å²) >= 11 is 0. The molecule has 1 N–H and O–H groups in total. The number of anilines is 1. The highest BCUT2D eigenvalue weighted by Crippen LogP contribution is 2.13. The van der Waals surface area contributed by atoms with E-state index in [9.17, 15) is 9.18 Å². The van der Waals surface area contributed by atoms with Crippen LogP contribution < -0.4 is 5.32 Å². The summed E-state index contributed by atoms with van der Waals surface area (Å²) in [5.74, 6) is -0.383. The van der Waals surface area contributed by atoms with Gasteiger partial charge in [0, 0.05) is 18.8 Å². The molecule has 1 amide bonds. The summed E-state index contributed by atoms with van der Waals surface area (Å²) in [6.07, 6.45) is 1.69. The van der Waals surface area contributed by atoms with Crippen LogP contribution in [0.1, 0.15) is 12.5 Å². The molecule has 2 aromatic carbocycles. The molecule has 0 spiro atoms. The molecule has 0 saturated carbocycles. The predicted molar refractivity (Wildman–Crippen MR) is 74.4 cm³/mol. The van der Waals surface area contributed by atoms with E-state index in [-0.39, 0.29) is 11.7 Å². The van der Waals surface area contributed by atoms with E-state index < -0.39 is 0 Å². The van der Waals surface area contributed by atoms with Gasteiger partial charge in [0.1, 0.15) is 5.82 Å². The molecule has 0 heterocycles. The second-order valence-corrected chi connectivity index (χ2v) is 4.04. The Kier molecular flexibility index (Phi) is 4.03. The molecule has 4 heteroatoms. The lowest BCUT2D eigenvalue weighted by Gasteiger charge is -2.01. The molecular formula is C15H13FN2O. The second kappa shape index (κ2) is 5.91. The van der Waals surface area contributed by atoms with Crippen LogP contribution in [0.4, 0.5) is 15.8 Å². The van der Waals surface area contributed by atoms with E-state index in [0.29, 0.717) is 5.69 Å². The Hall–Kier alpha value is -2.49. The Morgan fingerprint density at radius 1 is 1.11 bits per heavy atom. The number of nitrogens with one attached hydrogen (secondary N) is 1. The first-order valence-corrected chi connectivity index (χ1v) is 5.81. The van der Waals surface area contributed by atoms with Crippen LogP contribution in [-0.4, -0.2) is 12.1 Å². The molecule has 2 aromatic rings. The molecule has 0 fully saturated rings. The maximum atomic E-state index is 12.7. The van der Waals surface area contributed by atoms with E-state index in [4.69, 9.17) is 0 Å². The Balaban J connectivity index is 2.06. The van der Waals surface area contributed by atoms with Crippen LogP contribution in [0.2, 0.25) is 0 Å².